The largest absolute Gasteiger partial charge is 0.388 e. The standard InChI is InChI=1S/C9H11FN4/c1-6-2-7(4-8(10)3-6)9(12)14-13-5-11/h2-5H,1H3,(H2,11,13)(H2,12,14). The summed E-state index contributed by atoms with van der Waals surface area (Å²) in [5.74, 6) is -0.218. The summed E-state index contributed by atoms with van der Waals surface area (Å²) in [4.78, 5) is 0. The van der Waals surface area contributed by atoms with E-state index in [1.807, 2.05) is 0 Å². The van der Waals surface area contributed by atoms with E-state index in [1.54, 1.807) is 13.0 Å². The van der Waals surface area contributed by atoms with Crippen molar-refractivity contribution in [1.29, 1.82) is 0 Å². The number of nitrogens with zero attached hydrogens (tertiary/aromatic N) is 2. The number of nitrogens with two attached hydrogens (primary N) is 2. The summed E-state index contributed by atoms with van der Waals surface area (Å²) < 4.78 is 12.9. The summed E-state index contributed by atoms with van der Waals surface area (Å²) in [5.41, 5.74) is 11.8. The Labute approximate surface area is 81.1 Å². The molecule has 5 heteroatoms. The first-order valence-electron chi connectivity index (χ1n) is 3.97. The zero-order valence-corrected chi connectivity index (χ0v) is 7.74. The molecular weight excluding hydrogens is 183 g/mol. The highest BCUT2D eigenvalue weighted by molar-refractivity contribution is 5.97. The van der Waals surface area contributed by atoms with Crippen LogP contribution in [-0.2, 0) is 0 Å². The average Bonchev–Trinajstić information content (AvgIpc) is 2.12. The lowest BCUT2D eigenvalue weighted by atomic mass is 10.1. The van der Waals surface area contributed by atoms with Crippen LogP contribution in [0.1, 0.15) is 11.1 Å². The Morgan fingerprint density at radius 2 is 2.14 bits per heavy atom. The molecule has 0 aliphatic rings. The maximum atomic E-state index is 12.9. The molecule has 4 nitrogen and oxygen atoms in total. The van der Waals surface area contributed by atoms with E-state index in [1.165, 1.54) is 12.1 Å². The van der Waals surface area contributed by atoms with E-state index >= 15 is 0 Å². The smallest absolute Gasteiger partial charge is 0.153 e. The Balaban J connectivity index is 3.06. The molecule has 0 bridgehead atoms. The first-order chi connectivity index (χ1) is 6.63. The van der Waals surface area contributed by atoms with Crippen molar-refractivity contribution in [3.05, 3.63) is 35.1 Å². The minimum atomic E-state index is -0.352. The van der Waals surface area contributed by atoms with Gasteiger partial charge in [0.1, 0.15) is 12.2 Å². The maximum Gasteiger partial charge on any atom is 0.153 e. The molecule has 0 heterocycles. The van der Waals surface area contributed by atoms with Gasteiger partial charge in [0.25, 0.3) is 0 Å². The normalized spacial score (nSPS) is 12.3. The molecule has 0 unspecified atom stereocenters. The highest BCUT2D eigenvalue weighted by atomic mass is 19.1. The number of hydrogen-bond donors (Lipinski definition) is 2. The Morgan fingerprint density at radius 1 is 1.43 bits per heavy atom. The quantitative estimate of drug-likeness (QED) is 0.414. The molecule has 0 saturated heterocycles. The molecule has 1 aromatic carbocycles. The summed E-state index contributed by atoms with van der Waals surface area (Å²) in [5, 5.41) is 6.97. The van der Waals surface area contributed by atoms with Gasteiger partial charge in [0, 0.05) is 5.56 Å². The Kier molecular flexibility index (Phi) is 3.17. The molecule has 0 fully saturated rings. The zero-order valence-electron chi connectivity index (χ0n) is 7.74. The van der Waals surface area contributed by atoms with Crippen LogP contribution in [0.3, 0.4) is 0 Å². The summed E-state index contributed by atoms with van der Waals surface area (Å²) in [7, 11) is 0. The van der Waals surface area contributed by atoms with Gasteiger partial charge in [-0.1, -0.05) is 0 Å². The maximum absolute atomic E-state index is 12.9. The molecule has 74 valence electrons. The third-order valence-corrected chi connectivity index (χ3v) is 1.57. The van der Waals surface area contributed by atoms with Crippen LogP contribution in [0.5, 0.6) is 0 Å². The molecule has 0 aliphatic carbocycles. The van der Waals surface area contributed by atoms with Gasteiger partial charge in [-0.3, -0.25) is 0 Å². The summed E-state index contributed by atoms with van der Waals surface area (Å²) >= 11 is 0. The van der Waals surface area contributed by atoms with Crippen molar-refractivity contribution in [2.24, 2.45) is 21.7 Å². The van der Waals surface area contributed by atoms with Crippen molar-refractivity contribution >= 4 is 12.2 Å². The second kappa shape index (κ2) is 4.36. The highest BCUT2D eigenvalue weighted by Crippen LogP contribution is 2.07. The van der Waals surface area contributed by atoms with Crippen LogP contribution in [0.25, 0.3) is 0 Å². The molecule has 0 amide bonds. The summed E-state index contributed by atoms with van der Waals surface area (Å²) in [6.45, 7) is 1.77. The number of halogens is 1. The van der Waals surface area contributed by atoms with Gasteiger partial charge in [0.05, 0.1) is 0 Å². The van der Waals surface area contributed by atoms with Crippen molar-refractivity contribution < 1.29 is 4.39 Å². The molecule has 0 radical (unpaired) electrons. The summed E-state index contributed by atoms with van der Waals surface area (Å²) in [6, 6.07) is 4.41. The van der Waals surface area contributed by atoms with Crippen molar-refractivity contribution in [2.45, 2.75) is 6.92 Å². The van der Waals surface area contributed by atoms with Gasteiger partial charge in [0.2, 0.25) is 0 Å². The van der Waals surface area contributed by atoms with E-state index in [4.69, 9.17) is 11.5 Å². The monoisotopic (exact) mass is 194 g/mol. The van der Waals surface area contributed by atoms with Gasteiger partial charge in [-0.05, 0) is 30.7 Å². The van der Waals surface area contributed by atoms with Crippen LogP contribution < -0.4 is 11.5 Å². The number of amidine groups is 1. The number of hydrogen-bond acceptors (Lipinski definition) is 2. The average molecular weight is 194 g/mol. The molecule has 0 aliphatic heterocycles. The number of rotatable bonds is 2. The van der Waals surface area contributed by atoms with E-state index in [-0.39, 0.29) is 11.7 Å². The van der Waals surface area contributed by atoms with Crippen LogP contribution >= 0.6 is 0 Å². The fraction of sp³-hybridized carbons (Fsp3) is 0.111. The van der Waals surface area contributed by atoms with E-state index in [0.717, 1.165) is 11.9 Å². The van der Waals surface area contributed by atoms with Crippen molar-refractivity contribution in [3.8, 4) is 0 Å². The topological polar surface area (TPSA) is 76.8 Å². The molecule has 0 saturated carbocycles. The molecule has 14 heavy (non-hydrogen) atoms. The molecular formula is C9H11FN4. The van der Waals surface area contributed by atoms with E-state index in [0.29, 0.717) is 5.56 Å². The molecule has 0 atom stereocenters. The van der Waals surface area contributed by atoms with Gasteiger partial charge in [-0.2, -0.15) is 0 Å². The van der Waals surface area contributed by atoms with Crippen molar-refractivity contribution in [2.75, 3.05) is 0 Å². The lowest BCUT2D eigenvalue weighted by Gasteiger charge is -2.00. The lowest BCUT2D eigenvalue weighted by Crippen LogP contribution is -2.13. The SMILES string of the molecule is Cc1cc(F)cc(/C(N)=N/N=C\N)c1. The van der Waals surface area contributed by atoms with Crippen LogP contribution in [0.15, 0.2) is 28.4 Å². The zero-order chi connectivity index (χ0) is 10.6. The lowest BCUT2D eigenvalue weighted by molar-refractivity contribution is 0.626. The van der Waals surface area contributed by atoms with Crippen molar-refractivity contribution in [1.82, 2.24) is 0 Å². The Hall–Kier alpha value is -1.91. The van der Waals surface area contributed by atoms with Gasteiger partial charge < -0.3 is 11.5 Å². The second-order valence-electron chi connectivity index (χ2n) is 2.77. The van der Waals surface area contributed by atoms with E-state index < -0.39 is 0 Å². The predicted octanol–water partition coefficient (Wildman–Crippen LogP) is 0.741. The van der Waals surface area contributed by atoms with Gasteiger partial charge in [0.15, 0.2) is 5.84 Å². The predicted molar refractivity (Wildman–Crippen MR) is 54.5 cm³/mol. The third kappa shape index (κ3) is 2.55. The highest BCUT2D eigenvalue weighted by Gasteiger charge is 2.01. The minimum absolute atomic E-state index is 0.134. The third-order valence-electron chi connectivity index (χ3n) is 1.57. The number of benzene rings is 1. The second-order valence-corrected chi connectivity index (χ2v) is 2.77. The van der Waals surface area contributed by atoms with Crippen LogP contribution in [0.4, 0.5) is 4.39 Å². The minimum Gasteiger partial charge on any atom is -0.388 e. The Morgan fingerprint density at radius 3 is 2.71 bits per heavy atom. The first-order valence-corrected chi connectivity index (χ1v) is 3.97. The van der Waals surface area contributed by atoms with Crippen LogP contribution in [0.2, 0.25) is 0 Å². The summed E-state index contributed by atoms with van der Waals surface area (Å²) in [6.07, 6.45) is 1.01. The molecule has 0 spiro atoms. The Bertz CT molecular complexity index is 364. The first kappa shape index (κ1) is 10.2. The van der Waals surface area contributed by atoms with Gasteiger partial charge in [-0.25, -0.2) is 4.39 Å². The van der Waals surface area contributed by atoms with Crippen LogP contribution in [0, 0.1) is 12.7 Å². The number of aryl methyl sites for hydroxylation is 1. The van der Waals surface area contributed by atoms with E-state index in [2.05, 4.69) is 10.2 Å². The molecule has 4 N–H and O–H groups in total. The molecule has 0 aromatic heterocycles. The van der Waals surface area contributed by atoms with Crippen molar-refractivity contribution in [3.63, 3.8) is 0 Å². The molecule has 1 aromatic rings. The fourth-order valence-corrected chi connectivity index (χ4v) is 1.04. The van der Waals surface area contributed by atoms with E-state index in [9.17, 15) is 4.39 Å². The van der Waals surface area contributed by atoms with Gasteiger partial charge >= 0.3 is 0 Å². The molecule has 1 rings (SSSR count). The fourth-order valence-electron chi connectivity index (χ4n) is 1.04. The van der Waals surface area contributed by atoms with Gasteiger partial charge in [-0.15, -0.1) is 10.2 Å². The van der Waals surface area contributed by atoms with Crippen LogP contribution in [-0.4, -0.2) is 12.2 Å².